The second-order valence-corrected chi connectivity index (χ2v) is 2.40. The van der Waals surface area contributed by atoms with E-state index in [0.29, 0.717) is 6.17 Å². The van der Waals surface area contributed by atoms with Gasteiger partial charge in [0.15, 0.2) is 0 Å². The van der Waals surface area contributed by atoms with Crippen molar-refractivity contribution in [2.45, 2.75) is 18.6 Å². The Morgan fingerprint density at radius 1 is 1.71 bits per heavy atom. The van der Waals surface area contributed by atoms with Crippen LogP contribution in [0.15, 0.2) is 0 Å². The van der Waals surface area contributed by atoms with Crippen LogP contribution in [0.2, 0.25) is 0 Å². The predicted molar refractivity (Wildman–Crippen MR) is 27.0 cm³/mol. The molecule has 0 spiro atoms. The smallest absolute Gasteiger partial charge is 0.0777 e. The third-order valence-electron chi connectivity index (χ3n) is 2.06. The fourth-order valence-corrected chi connectivity index (χ4v) is 1.33. The molecule has 3 heterocycles. The van der Waals surface area contributed by atoms with E-state index in [1.807, 2.05) is 0 Å². The number of fused-ring (bicyclic) bond motifs is 1. The average molecular weight is 97.1 g/mol. The second kappa shape index (κ2) is 1.01. The molecule has 3 fully saturated rings. The van der Waals surface area contributed by atoms with Gasteiger partial charge in [-0.15, -0.1) is 0 Å². The fourth-order valence-electron chi connectivity index (χ4n) is 1.33. The maximum absolute atomic E-state index is 4.32. The van der Waals surface area contributed by atoms with Crippen molar-refractivity contribution in [3.8, 4) is 0 Å². The molecule has 3 saturated heterocycles. The van der Waals surface area contributed by atoms with Gasteiger partial charge in [0.1, 0.15) is 0 Å². The molecule has 1 radical (unpaired) electrons. The standard InChI is InChI=1S/C5H9N2/c1-7-4-2-5(7)6-3-4/h4-5H,2-3H2,1H3. The van der Waals surface area contributed by atoms with E-state index in [9.17, 15) is 0 Å². The summed E-state index contributed by atoms with van der Waals surface area (Å²) >= 11 is 0. The third kappa shape index (κ3) is 0.318. The summed E-state index contributed by atoms with van der Waals surface area (Å²) in [7, 11) is 2.15. The molecule has 3 aliphatic rings. The summed E-state index contributed by atoms with van der Waals surface area (Å²) in [5.74, 6) is 0. The highest BCUT2D eigenvalue weighted by atomic mass is 15.4. The van der Waals surface area contributed by atoms with Crippen LogP contribution in [-0.2, 0) is 0 Å². The lowest BCUT2D eigenvalue weighted by molar-refractivity contribution is 0.109. The Kier molecular flexibility index (Phi) is 0.557. The van der Waals surface area contributed by atoms with Gasteiger partial charge in [0.2, 0.25) is 0 Å². The van der Waals surface area contributed by atoms with Crippen LogP contribution in [0.4, 0.5) is 0 Å². The first kappa shape index (κ1) is 3.87. The monoisotopic (exact) mass is 97.1 g/mol. The summed E-state index contributed by atoms with van der Waals surface area (Å²) in [5, 5.41) is 4.32. The first-order chi connectivity index (χ1) is 3.38. The molecular formula is C5H9N2. The SMILES string of the molecule is CN1C2C[N]C1C2. The topological polar surface area (TPSA) is 17.3 Å². The molecule has 7 heavy (non-hydrogen) atoms. The van der Waals surface area contributed by atoms with Gasteiger partial charge in [-0.1, -0.05) is 0 Å². The lowest BCUT2D eigenvalue weighted by atomic mass is 10.1. The molecule has 2 atom stereocenters. The molecular weight excluding hydrogens is 88.1 g/mol. The summed E-state index contributed by atoms with van der Waals surface area (Å²) in [6.45, 7) is 1.10. The number of hydrogen-bond donors (Lipinski definition) is 0. The molecule has 0 aromatic carbocycles. The van der Waals surface area contributed by atoms with E-state index < -0.39 is 0 Å². The average Bonchev–Trinajstić information content (AvgIpc) is 2.18. The fraction of sp³-hybridized carbons (Fsp3) is 1.00. The Morgan fingerprint density at radius 2 is 2.57 bits per heavy atom. The van der Waals surface area contributed by atoms with Gasteiger partial charge in [-0.3, -0.25) is 4.90 Å². The minimum atomic E-state index is 0.616. The van der Waals surface area contributed by atoms with E-state index in [1.54, 1.807) is 0 Å². The summed E-state index contributed by atoms with van der Waals surface area (Å²) in [6, 6.07) is 0.824. The normalized spacial score (nSPS) is 49.3. The Labute approximate surface area is 43.5 Å². The largest absolute Gasteiger partial charge is 0.285 e. The Hall–Kier alpha value is -0.0800. The van der Waals surface area contributed by atoms with Gasteiger partial charge in [-0.25, -0.2) is 5.32 Å². The minimum absolute atomic E-state index is 0.616. The molecule has 0 aromatic heterocycles. The van der Waals surface area contributed by atoms with E-state index in [2.05, 4.69) is 17.3 Å². The molecule has 3 rings (SSSR count). The van der Waals surface area contributed by atoms with Crippen LogP contribution in [0.25, 0.3) is 0 Å². The van der Waals surface area contributed by atoms with Crippen molar-refractivity contribution in [3.05, 3.63) is 0 Å². The zero-order valence-corrected chi connectivity index (χ0v) is 4.46. The zero-order valence-electron chi connectivity index (χ0n) is 4.46. The maximum Gasteiger partial charge on any atom is 0.0777 e. The van der Waals surface area contributed by atoms with Crippen molar-refractivity contribution < 1.29 is 0 Å². The molecule has 3 aliphatic heterocycles. The van der Waals surface area contributed by atoms with E-state index >= 15 is 0 Å². The molecule has 0 aliphatic carbocycles. The molecule has 39 valence electrons. The third-order valence-corrected chi connectivity index (χ3v) is 2.06. The van der Waals surface area contributed by atoms with Crippen LogP contribution in [0.5, 0.6) is 0 Å². The number of nitrogens with zero attached hydrogens (tertiary/aromatic N) is 2. The van der Waals surface area contributed by atoms with Crippen molar-refractivity contribution >= 4 is 0 Å². The number of hydrogen-bond acceptors (Lipinski definition) is 1. The van der Waals surface area contributed by atoms with Crippen LogP contribution in [0.3, 0.4) is 0 Å². The number of likely N-dealkylation sites (N-methyl/N-ethyl adjacent to an activating group) is 1. The zero-order chi connectivity index (χ0) is 4.85. The summed E-state index contributed by atoms with van der Waals surface area (Å²) in [4.78, 5) is 2.33. The van der Waals surface area contributed by atoms with Crippen molar-refractivity contribution in [1.82, 2.24) is 10.2 Å². The highest BCUT2D eigenvalue weighted by Gasteiger charge is 2.42. The first-order valence-electron chi connectivity index (χ1n) is 2.76. The highest BCUT2D eigenvalue weighted by molar-refractivity contribution is 4.97. The first-order valence-corrected chi connectivity index (χ1v) is 2.76. The Bertz CT molecular complexity index is 78.1. The molecule has 2 nitrogen and oxygen atoms in total. The van der Waals surface area contributed by atoms with Crippen molar-refractivity contribution in [2.75, 3.05) is 13.6 Å². The molecule has 0 saturated carbocycles. The van der Waals surface area contributed by atoms with Gasteiger partial charge in [-0.05, 0) is 13.5 Å². The van der Waals surface area contributed by atoms with Gasteiger partial charge in [0.05, 0.1) is 6.17 Å². The van der Waals surface area contributed by atoms with Crippen LogP contribution in [0.1, 0.15) is 6.42 Å². The van der Waals surface area contributed by atoms with Gasteiger partial charge in [-0.2, -0.15) is 0 Å². The maximum atomic E-state index is 4.32. The Morgan fingerprint density at radius 3 is 2.71 bits per heavy atom. The van der Waals surface area contributed by atoms with Gasteiger partial charge in [0.25, 0.3) is 0 Å². The summed E-state index contributed by atoms with van der Waals surface area (Å²) < 4.78 is 0. The molecule has 2 bridgehead atoms. The van der Waals surface area contributed by atoms with Crippen molar-refractivity contribution in [1.29, 1.82) is 0 Å². The molecule has 2 unspecified atom stereocenters. The summed E-state index contributed by atoms with van der Waals surface area (Å²) in [5.41, 5.74) is 0. The van der Waals surface area contributed by atoms with E-state index in [-0.39, 0.29) is 0 Å². The quantitative estimate of drug-likeness (QED) is 0.403. The van der Waals surface area contributed by atoms with Crippen molar-refractivity contribution in [2.24, 2.45) is 0 Å². The van der Waals surface area contributed by atoms with E-state index in [1.165, 1.54) is 6.42 Å². The van der Waals surface area contributed by atoms with E-state index in [0.717, 1.165) is 12.6 Å². The lowest BCUT2D eigenvalue weighted by Gasteiger charge is -2.34. The van der Waals surface area contributed by atoms with Crippen LogP contribution in [-0.4, -0.2) is 30.7 Å². The number of rotatable bonds is 0. The van der Waals surface area contributed by atoms with Crippen LogP contribution in [0, 0.1) is 0 Å². The van der Waals surface area contributed by atoms with Gasteiger partial charge >= 0.3 is 0 Å². The van der Waals surface area contributed by atoms with Gasteiger partial charge in [0, 0.05) is 12.6 Å². The van der Waals surface area contributed by atoms with Crippen LogP contribution >= 0.6 is 0 Å². The Balaban J connectivity index is 2.14. The van der Waals surface area contributed by atoms with E-state index in [4.69, 9.17) is 0 Å². The van der Waals surface area contributed by atoms with Gasteiger partial charge < -0.3 is 0 Å². The predicted octanol–water partition coefficient (Wildman–Crippen LogP) is -0.365. The second-order valence-electron chi connectivity index (χ2n) is 2.40. The van der Waals surface area contributed by atoms with Crippen LogP contribution < -0.4 is 5.32 Å². The minimum Gasteiger partial charge on any atom is -0.285 e. The summed E-state index contributed by atoms with van der Waals surface area (Å²) in [6.07, 6.45) is 1.95. The molecule has 0 N–H and O–H groups in total. The lowest BCUT2D eigenvalue weighted by Crippen LogP contribution is -2.47. The molecule has 0 amide bonds. The molecule has 2 heteroatoms. The molecule has 0 aromatic rings. The highest BCUT2D eigenvalue weighted by Crippen LogP contribution is 2.27. The van der Waals surface area contributed by atoms with Crippen molar-refractivity contribution in [3.63, 3.8) is 0 Å².